The van der Waals surface area contributed by atoms with Gasteiger partial charge in [0.15, 0.2) is 11.6 Å². The molecule has 1 N–H and O–H groups in total. The highest BCUT2D eigenvalue weighted by Gasteiger charge is 2.33. The van der Waals surface area contributed by atoms with Gasteiger partial charge in [-0.25, -0.2) is 14.2 Å². The molecule has 0 saturated carbocycles. The highest BCUT2D eigenvalue weighted by molar-refractivity contribution is 5.77. The summed E-state index contributed by atoms with van der Waals surface area (Å²) in [4.78, 5) is 22.2. The van der Waals surface area contributed by atoms with Crippen molar-refractivity contribution in [2.24, 2.45) is 0 Å². The Labute approximate surface area is 183 Å². The zero-order valence-corrected chi connectivity index (χ0v) is 17.2. The molecule has 162 valence electrons. The standard InChI is InChI=1S/C24H21FN4O3/c25-18-4-1-2-6-21(18)32-15-16-7-9-17(10-8-16)22-20-14-26-11-13-28(20)23(27-22)19-5-3-12-29(19)24(30)31/h1-2,4,6-11,13-14,19H,3,5,12,15H2,(H,30,31). The number of imidazole rings is 1. The minimum atomic E-state index is -0.931. The van der Waals surface area contributed by atoms with E-state index >= 15 is 0 Å². The summed E-state index contributed by atoms with van der Waals surface area (Å²) in [5, 5.41) is 9.56. The van der Waals surface area contributed by atoms with Gasteiger partial charge in [0.2, 0.25) is 0 Å². The Kier molecular flexibility index (Phi) is 5.18. The van der Waals surface area contributed by atoms with E-state index in [1.54, 1.807) is 30.6 Å². The summed E-state index contributed by atoms with van der Waals surface area (Å²) >= 11 is 0. The summed E-state index contributed by atoms with van der Waals surface area (Å²) in [7, 11) is 0. The third kappa shape index (κ3) is 3.64. The van der Waals surface area contributed by atoms with Crippen molar-refractivity contribution < 1.29 is 19.0 Å². The lowest BCUT2D eigenvalue weighted by atomic mass is 10.1. The zero-order chi connectivity index (χ0) is 22.1. The van der Waals surface area contributed by atoms with Crippen molar-refractivity contribution in [1.82, 2.24) is 19.3 Å². The maximum absolute atomic E-state index is 13.8. The third-order valence-corrected chi connectivity index (χ3v) is 5.73. The number of carbonyl (C=O) groups is 1. The van der Waals surface area contributed by atoms with Crippen LogP contribution >= 0.6 is 0 Å². The Bertz CT molecular complexity index is 1270. The van der Waals surface area contributed by atoms with Gasteiger partial charge in [-0.05, 0) is 30.5 Å². The average Bonchev–Trinajstić information content (AvgIpc) is 3.44. The molecule has 32 heavy (non-hydrogen) atoms. The van der Waals surface area contributed by atoms with E-state index in [2.05, 4.69) is 4.98 Å². The predicted octanol–water partition coefficient (Wildman–Crippen LogP) is 4.93. The molecule has 1 amide bonds. The number of amides is 1. The lowest BCUT2D eigenvalue weighted by Crippen LogP contribution is -2.29. The van der Waals surface area contributed by atoms with Crippen LogP contribution in [0.3, 0.4) is 0 Å². The number of halogens is 1. The Morgan fingerprint density at radius 1 is 1.19 bits per heavy atom. The molecule has 0 radical (unpaired) electrons. The average molecular weight is 432 g/mol. The summed E-state index contributed by atoms with van der Waals surface area (Å²) in [6.07, 6.45) is 5.84. The first-order valence-corrected chi connectivity index (χ1v) is 10.4. The van der Waals surface area contributed by atoms with Crippen molar-refractivity contribution in [2.75, 3.05) is 6.54 Å². The second-order valence-corrected chi connectivity index (χ2v) is 7.70. The largest absolute Gasteiger partial charge is 0.486 e. The topological polar surface area (TPSA) is 80.0 Å². The number of ether oxygens (including phenoxy) is 1. The molecular weight excluding hydrogens is 411 g/mol. The van der Waals surface area contributed by atoms with Gasteiger partial charge in [-0.15, -0.1) is 0 Å². The minimum absolute atomic E-state index is 0.215. The zero-order valence-electron chi connectivity index (χ0n) is 17.2. The molecule has 1 unspecified atom stereocenters. The summed E-state index contributed by atoms with van der Waals surface area (Å²) in [5.74, 6) is 0.521. The van der Waals surface area contributed by atoms with Crippen molar-refractivity contribution in [1.29, 1.82) is 0 Å². The van der Waals surface area contributed by atoms with Gasteiger partial charge in [0.05, 0.1) is 23.4 Å². The Morgan fingerprint density at radius 2 is 2.00 bits per heavy atom. The maximum Gasteiger partial charge on any atom is 0.407 e. The molecule has 1 fully saturated rings. The first-order chi connectivity index (χ1) is 15.6. The molecule has 2 aromatic heterocycles. The fourth-order valence-electron chi connectivity index (χ4n) is 4.16. The van der Waals surface area contributed by atoms with Crippen molar-refractivity contribution >= 4 is 11.6 Å². The lowest BCUT2D eigenvalue weighted by molar-refractivity contribution is 0.138. The van der Waals surface area contributed by atoms with Gasteiger partial charge in [0.25, 0.3) is 0 Å². The van der Waals surface area contributed by atoms with Gasteiger partial charge < -0.3 is 9.84 Å². The van der Waals surface area contributed by atoms with E-state index in [4.69, 9.17) is 9.72 Å². The van der Waals surface area contributed by atoms with E-state index in [-0.39, 0.29) is 18.4 Å². The van der Waals surface area contributed by atoms with Crippen LogP contribution < -0.4 is 4.74 Å². The number of para-hydroxylation sites is 1. The Balaban J connectivity index is 1.44. The fraction of sp³-hybridized carbons (Fsp3) is 0.208. The van der Waals surface area contributed by atoms with Gasteiger partial charge in [-0.3, -0.25) is 14.3 Å². The number of carboxylic acid groups (broad SMARTS) is 1. The molecule has 1 aliphatic rings. The van der Waals surface area contributed by atoms with Crippen molar-refractivity contribution in [3.63, 3.8) is 0 Å². The first kappa shape index (κ1) is 20.0. The van der Waals surface area contributed by atoms with Crippen LogP contribution in [0.5, 0.6) is 5.75 Å². The highest BCUT2D eigenvalue weighted by atomic mass is 19.1. The van der Waals surface area contributed by atoms with Crippen LogP contribution in [0.15, 0.2) is 67.1 Å². The maximum atomic E-state index is 13.8. The number of benzene rings is 2. The third-order valence-electron chi connectivity index (χ3n) is 5.73. The molecule has 1 aliphatic heterocycles. The van der Waals surface area contributed by atoms with Crippen molar-refractivity contribution in [3.8, 4) is 17.0 Å². The summed E-state index contributed by atoms with van der Waals surface area (Å²) in [5.41, 5.74) is 3.34. The molecule has 0 aliphatic carbocycles. The lowest BCUT2D eigenvalue weighted by Gasteiger charge is -2.20. The van der Waals surface area contributed by atoms with Gasteiger partial charge in [0.1, 0.15) is 12.4 Å². The summed E-state index contributed by atoms with van der Waals surface area (Å²) in [6.45, 7) is 0.750. The molecule has 1 saturated heterocycles. The van der Waals surface area contributed by atoms with E-state index in [9.17, 15) is 14.3 Å². The number of fused-ring (bicyclic) bond motifs is 1. The smallest absolute Gasteiger partial charge is 0.407 e. The number of hydrogen-bond acceptors (Lipinski definition) is 4. The van der Waals surface area contributed by atoms with E-state index < -0.39 is 11.9 Å². The summed E-state index contributed by atoms with van der Waals surface area (Å²) < 4.78 is 21.3. The SMILES string of the molecule is O=C(O)N1CCCC1c1nc(-c2ccc(COc3ccccc3F)cc2)c2cnccn12. The number of rotatable bonds is 5. The first-order valence-electron chi connectivity index (χ1n) is 10.4. The Morgan fingerprint density at radius 3 is 2.78 bits per heavy atom. The van der Waals surface area contributed by atoms with Crippen LogP contribution in [0.2, 0.25) is 0 Å². The van der Waals surface area contributed by atoms with Gasteiger partial charge in [-0.1, -0.05) is 36.4 Å². The van der Waals surface area contributed by atoms with Crippen LogP contribution in [0.4, 0.5) is 9.18 Å². The predicted molar refractivity (Wildman–Crippen MR) is 116 cm³/mol. The van der Waals surface area contributed by atoms with Crippen molar-refractivity contribution in [3.05, 3.63) is 84.3 Å². The molecule has 0 spiro atoms. The number of hydrogen-bond donors (Lipinski definition) is 1. The molecule has 2 aromatic carbocycles. The van der Waals surface area contributed by atoms with E-state index in [0.717, 1.165) is 35.2 Å². The van der Waals surface area contributed by atoms with Crippen LogP contribution in [0, 0.1) is 5.82 Å². The van der Waals surface area contributed by atoms with Gasteiger partial charge >= 0.3 is 6.09 Å². The normalized spacial score (nSPS) is 15.9. The van der Waals surface area contributed by atoms with E-state index in [1.165, 1.54) is 11.0 Å². The highest BCUT2D eigenvalue weighted by Crippen LogP contribution is 2.35. The fourth-order valence-corrected chi connectivity index (χ4v) is 4.16. The molecule has 3 heterocycles. The summed E-state index contributed by atoms with van der Waals surface area (Å²) in [6, 6.07) is 13.7. The molecule has 1 atom stereocenters. The quantitative estimate of drug-likeness (QED) is 0.484. The van der Waals surface area contributed by atoms with Crippen LogP contribution in [-0.4, -0.2) is 37.0 Å². The van der Waals surface area contributed by atoms with Crippen molar-refractivity contribution in [2.45, 2.75) is 25.5 Å². The molecule has 5 rings (SSSR count). The molecular formula is C24H21FN4O3. The monoisotopic (exact) mass is 432 g/mol. The number of likely N-dealkylation sites (tertiary alicyclic amines) is 1. The van der Waals surface area contributed by atoms with Gasteiger partial charge in [0, 0.05) is 24.5 Å². The van der Waals surface area contributed by atoms with Crippen LogP contribution in [0.1, 0.15) is 30.3 Å². The minimum Gasteiger partial charge on any atom is -0.486 e. The molecule has 4 aromatic rings. The second kappa shape index (κ2) is 8.30. The van der Waals surface area contributed by atoms with E-state index in [0.29, 0.717) is 12.4 Å². The second-order valence-electron chi connectivity index (χ2n) is 7.70. The molecule has 7 nitrogen and oxygen atoms in total. The Hall–Kier alpha value is -3.94. The molecule has 8 heteroatoms. The van der Waals surface area contributed by atoms with Crippen LogP contribution in [0.25, 0.3) is 16.8 Å². The van der Waals surface area contributed by atoms with Crippen LogP contribution in [-0.2, 0) is 6.61 Å². The van der Waals surface area contributed by atoms with E-state index in [1.807, 2.05) is 34.9 Å². The number of nitrogens with zero attached hydrogens (tertiary/aromatic N) is 4. The number of aromatic nitrogens is 3. The molecule has 0 bridgehead atoms. The van der Waals surface area contributed by atoms with Gasteiger partial charge in [-0.2, -0.15) is 0 Å².